The van der Waals surface area contributed by atoms with Crippen molar-refractivity contribution in [1.82, 2.24) is 19.9 Å². The monoisotopic (exact) mass is 486 g/mol. The topological polar surface area (TPSA) is 170 Å². The van der Waals surface area contributed by atoms with Crippen molar-refractivity contribution in [3.63, 3.8) is 0 Å². The molecule has 1 saturated heterocycles. The maximum atomic E-state index is 9.19. The number of nitrogens with zero attached hydrogens (tertiary/aromatic N) is 5. The van der Waals surface area contributed by atoms with Gasteiger partial charge in [-0.2, -0.15) is 21.8 Å². The molecule has 14 heteroatoms. The Kier molecular flexibility index (Phi) is 8.49. The van der Waals surface area contributed by atoms with Crippen LogP contribution in [0.2, 0.25) is 0 Å². The maximum absolute atomic E-state index is 9.19. The van der Waals surface area contributed by atoms with E-state index in [0.29, 0.717) is 12.5 Å². The highest BCUT2D eigenvalue weighted by atomic mass is 32.2. The number of fused-ring (bicyclic) bond motifs is 1. The van der Waals surface area contributed by atoms with Crippen molar-refractivity contribution >= 4 is 43.0 Å². The fourth-order valence-corrected chi connectivity index (χ4v) is 2.94. The predicted molar refractivity (Wildman–Crippen MR) is 122 cm³/mol. The number of aromatic amines is 1. The molecular weight excluding hydrogens is 460 g/mol. The number of piperazine rings is 1. The zero-order valence-electron chi connectivity index (χ0n) is 17.9. The van der Waals surface area contributed by atoms with Crippen LogP contribution in [-0.4, -0.2) is 84.6 Å². The van der Waals surface area contributed by atoms with Crippen LogP contribution < -0.4 is 9.80 Å². The zero-order chi connectivity index (χ0) is 23.9. The summed E-state index contributed by atoms with van der Waals surface area (Å²) in [6.45, 7) is 5.96. The van der Waals surface area contributed by atoms with Crippen LogP contribution in [0.4, 0.5) is 11.6 Å². The van der Waals surface area contributed by atoms with Gasteiger partial charge >= 0.3 is 0 Å². The Morgan fingerprint density at radius 3 is 2.00 bits per heavy atom. The summed E-state index contributed by atoms with van der Waals surface area (Å²) in [6, 6.07) is 8.54. The van der Waals surface area contributed by atoms with Crippen LogP contribution in [0, 0.1) is 6.92 Å². The molecule has 0 amide bonds. The molecule has 0 atom stereocenters. The van der Waals surface area contributed by atoms with Crippen LogP contribution in [0.5, 0.6) is 0 Å². The van der Waals surface area contributed by atoms with E-state index in [9.17, 15) is 16.8 Å². The first kappa shape index (κ1) is 25.5. The molecule has 4 rings (SSSR count). The highest BCUT2D eigenvalue weighted by Crippen LogP contribution is 2.22. The summed E-state index contributed by atoms with van der Waals surface area (Å²) < 4.78 is 51.7. The van der Waals surface area contributed by atoms with E-state index in [1.54, 1.807) is 12.5 Å². The maximum Gasteiger partial charge on any atom is 0.261 e. The third-order valence-electron chi connectivity index (χ3n) is 4.18. The number of aromatic nitrogens is 4. The van der Waals surface area contributed by atoms with Crippen molar-refractivity contribution in [3.8, 4) is 0 Å². The molecule has 3 aromatic rings. The molecule has 0 radical (unpaired) electrons. The Balaban J connectivity index is 0.000000308. The average Bonchev–Trinajstić information content (AvgIpc) is 3.14. The van der Waals surface area contributed by atoms with Crippen molar-refractivity contribution in [2.45, 2.75) is 6.92 Å². The van der Waals surface area contributed by atoms with Crippen LogP contribution in [-0.2, 0) is 20.2 Å². The molecule has 12 nitrogen and oxygen atoms in total. The Morgan fingerprint density at radius 2 is 1.44 bits per heavy atom. The van der Waals surface area contributed by atoms with E-state index in [-0.39, 0.29) is 0 Å². The summed E-state index contributed by atoms with van der Waals surface area (Å²) >= 11 is 0. The summed E-state index contributed by atoms with van der Waals surface area (Å²) in [5, 5.41) is 0. The zero-order valence-corrected chi connectivity index (χ0v) is 19.5. The van der Waals surface area contributed by atoms with Crippen LogP contribution in [0.3, 0.4) is 0 Å². The number of para-hydroxylation sites is 1. The Hall–Kier alpha value is -2.81. The third-order valence-corrected chi connectivity index (χ3v) is 4.18. The number of imidazole rings is 1. The average molecular weight is 487 g/mol. The van der Waals surface area contributed by atoms with Gasteiger partial charge in [0.05, 0.1) is 25.0 Å². The smallest absolute Gasteiger partial charge is 0.261 e. The molecule has 32 heavy (non-hydrogen) atoms. The summed E-state index contributed by atoms with van der Waals surface area (Å²) in [4.78, 5) is 20.9. The summed E-state index contributed by atoms with van der Waals surface area (Å²) in [6.07, 6.45) is 4.89. The number of H-pyrrole nitrogens is 1. The lowest BCUT2D eigenvalue weighted by molar-refractivity contribution is 0.488. The molecule has 1 aromatic carbocycles. The first-order chi connectivity index (χ1) is 14.8. The van der Waals surface area contributed by atoms with E-state index in [1.165, 1.54) is 11.3 Å². The number of benzene rings is 1. The molecule has 3 N–H and O–H groups in total. The van der Waals surface area contributed by atoms with E-state index >= 15 is 0 Å². The van der Waals surface area contributed by atoms with Gasteiger partial charge in [-0.05, 0) is 18.6 Å². The molecule has 0 saturated carbocycles. The lowest BCUT2D eigenvalue weighted by atomic mass is 10.1. The Morgan fingerprint density at radius 1 is 0.906 bits per heavy atom. The largest absolute Gasteiger partial charge is 0.368 e. The first-order valence-corrected chi connectivity index (χ1v) is 13.1. The van der Waals surface area contributed by atoms with Gasteiger partial charge in [0.15, 0.2) is 5.65 Å². The Bertz CT molecular complexity index is 1190. The van der Waals surface area contributed by atoms with E-state index in [0.717, 1.165) is 43.3 Å². The van der Waals surface area contributed by atoms with Gasteiger partial charge in [-0.1, -0.05) is 18.2 Å². The van der Waals surface area contributed by atoms with Crippen LogP contribution in [0.25, 0.3) is 11.2 Å². The molecule has 0 spiro atoms. The standard InChI is InChI=1S/C16H18N6.2CH4O3S/c1-12-4-2-3-5-14(12)21-6-8-22(9-7-21)16-17-10-13-15(20-16)19-11-18-13;2*1-5(2,3)4/h2-5,10-11H,6-9H2,1H3,(H,17,18,19,20);2*1H3,(H,2,3,4). The highest BCUT2D eigenvalue weighted by Gasteiger charge is 2.20. The molecule has 1 aliphatic heterocycles. The summed E-state index contributed by atoms with van der Waals surface area (Å²) in [7, 11) is -7.33. The second-order valence-electron chi connectivity index (χ2n) is 7.04. The lowest BCUT2D eigenvalue weighted by Gasteiger charge is -2.36. The number of hydrogen-bond acceptors (Lipinski definition) is 9. The molecule has 2 aromatic heterocycles. The molecule has 0 aliphatic carbocycles. The van der Waals surface area contributed by atoms with Gasteiger partial charge in [-0.15, -0.1) is 0 Å². The second-order valence-corrected chi connectivity index (χ2v) is 9.97. The normalized spacial score (nSPS) is 14.3. The predicted octanol–water partition coefficient (Wildman–Crippen LogP) is 0.996. The minimum absolute atomic E-state index is 0.715. The molecule has 176 valence electrons. The molecule has 3 heterocycles. The van der Waals surface area contributed by atoms with Crippen molar-refractivity contribution < 1.29 is 25.9 Å². The molecule has 1 aliphatic rings. The van der Waals surface area contributed by atoms with Gasteiger partial charge in [0.2, 0.25) is 5.95 Å². The number of anilines is 2. The minimum Gasteiger partial charge on any atom is -0.368 e. The van der Waals surface area contributed by atoms with E-state index in [1.807, 2.05) is 0 Å². The van der Waals surface area contributed by atoms with E-state index < -0.39 is 20.2 Å². The molecular formula is C18H26N6O6S2. The SMILES string of the molecule is CS(=O)(=O)O.CS(=O)(=O)O.Cc1ccccc1N1CCN(c2ncc3[nH]cnc3n2)CC1. The van der Waals surface area contributed by atoms with Crippen LogP contribution in [0.1, 0.15) is 5.56 Å². The number of nitrogens with one attached hydrogen (secondary N) is 1. The van der Waals surface area contributed by atoms with Crippen molar-refractivity contribution in [2.75, 3.05) is 48.5 Å². The van der Waals surface area contributed by atoms with Crippen LogP contribution >= 0.6 is 0 Å². The number of rotatable bonds is 2. The fourth-order valence-electron chi connectivity index (χ4n) is 2.94. The van der Waals surface area contributed by atoms with Gasteiger partial charge in [0, 0.05) is 31.9 Å². The summed E-state index contributed by atoms with van der Waals surface area (Å²) in [5.74, 6) is 0.768. The van der Waals surface area contributed by atoms with Gasteiger partial charge in [-0.25, -0.2) is 9.97 Å². The van der Waals surface area contributed by atoms with Gasteiger partial charge in [0.25, 0.3) is 20.2 Å². The van der Waals surface area contributed by atoms with Gasteiger partial charge in [-0.3, -0.25) is 9.11 Å². The van der Waals surface area contributed by atoms with Crippen LogP contribution in [0.15, 0.2) is 36.8 Å². The third kappa shape index (κ3) is 9.13. The van der Waals surface area contributed by atoms with E-state index in [4.69, 9.17) is 9.11 Å². The van der Waals surface area contributed by atoms with Crippen molar-refractivity contribution in [2.24, 2.45) is 0 Å². The lowest BCUT2D eigenvalue weighted by Crippen LogP contribution is -2.47. The highest BCUT2D eigenvalue weighted by molar-refractivity contribution is 7.85. The molecule has 0 bridgehead atoms. The van der Waals surface area contributed by atoms with Crippen molar-refractivity contribution in [1.29, 1.82) is 0 Å². The first-order valence-electron chi connectivity index (χ1n) is 9.38. The van der Waals surface area contributed by atoms with Gasteiger partial charge < -0.3 is 14.8 Å². The molecule has 0 unspecified atom stereocenters. The quantitative estimate of drug-likeness (QED) is 0.441. The second kappa shape index (κ2) is 10.7. The molecule has 1 fully saturated rings. The summed E-state index contributed by atoms with van der Waals surface area (Å²) in [5.41, 5.74) is 4.25. The number of aryl methyl sites for hydroxylation is 1. The fraction of sp³-hybridized carbons (Fsp3) is 0.389. The van der Waals surface area contributed by atoms with E-state index in [2.05, 4.69) is 60.9 Å². The Labute approximate surface area is 186 Å². The van der Waals surface area contributed by atoms with Gasteiger partial charge in [0.1, 0.15) is 5.52 Å². The minimum atomic E-state index is -3.67. The van der Waals surface area contributed by atoms with Crippen molar-refractivity contribution in [3.05, 3.63) is 42.4 Å². The number of hydrogen-bond donors (Lipinski definition) is 3.